The molecule has 0 aliphatic rings. The summed E-state index contributed by atoms with van der Waals surface area (Å²) in [4.78, 5) is 12.3. The molecule has 0 unspecified atom stereocenters. The van der Waals surface area contributed by atoms with E-state index in [9.17, 15) is 22.4 Å². The molecule has 25 heavy (non-hydrogen) atoms. The van der Waals surface area contributed by atoms with Crippen LogP contribution in [0, 0.1) is 6.92 Å². The van der Waals surface area contributed by atoms with E-state index in [-0.39, 0.29) is 11.4 Å². The lowest BCUT2D eigenvalue weighted by molar-refractivity contribution is -0.253. The molecule has 5 nitrogen and oxygen atoms in total. The van der Waals surface area contributed by atoms with Crippen LogP contribution in [0.4, 0.5) is 23.4 Å². The fourth-order valence-corrected chi connectivity index (χ4v) is 2.13. The maximum atomic E-state index is 13.1. The highest BCUT2D eigenvalue weighted by molar-refractivity contribution is 6.05. The second-order valence-electron chi connectivity index (χ2n) is 5.31. The number of anilines is 1. The van der Waals surface area contributed by atoms with Gasteiger partial charge in [0.05, 0.1) is 5.56 Å². The van der Waals surface area contributed by atoms with Crippen LogP contribution < -0.4 is 10.1 Å². The molecule has 0 saturated carbocycles. The molecule has 1 aromatic heterocycles. The zero-order valence-electron chi connectivity index (χ0n) is 13.6. The van der Waals surface area contributed by atoms with E-state index in [0.29, 0.717) is 6.54 Å². The number of carbonyl (C=O) groups excluding carboxylic acids is 1. The summed E-state index contributed by atoms with van der Waals surface area (Å²) in [5.41, 5.74) is 0.511. The van der Waals surface area contributed by atoms with E-state index in [2.05, 4.69) is 15.2 Å². The molecule has 9 heteroatoms. The van der Waals surface area contributed by atoms with Crippen molar-refractivity contribution in [2.75, 3.05) is 5.32 Å². The predicted octanol–water partition coefficient (Wildman–Crippen LogP) is 4.09. The smallest absolute Gasteiger partial charge is 0.427 e. The molecule has 0 aliphatic carbocycles. The summed E-state index contributed by atoms with van der Waals surface area (Å²) in [6.07, 6.45) is -7.87. The standard InChI is InChI=1S/C16H17F4N3O2/c1-3-8-23-10(2)9-13(22-23)21-14(24)11-6-4-5-7-12(11)25-16(19,20)15(17)18/h4-7,9,15H,3,8H2,1-2H3,(H,21,22,24). The van der Waals surface area contributed by atoms with Gasteiger partial charge in [-0.15, -0.1) is 0 Å². The minimum Gasteiger partial charge on any atom is -0.427 e. The quantitative estimate of drug-likeness (QED) is 0.758. The van der Waals surface area contributed by atoms with Crippen LogP contribution in [0.25, 0.3) is 0 Å². The van der Waals surface area contributed by atoms with Crippen LogP contribution in [0.5, 0.6) is 5.75 Å². The number of halogens is 4. The lowest BCUT2D eigenvalue weighted by Crippen LogP contribution is -2.34. The first-order valence-electron chi connectivity index (χ1n) is 7.54. The molecule has 1 amide bonds. The zero-order chi connectivity index (χ0) is 18.6. The van der Waals surface area contributed by atoms with Crippen molar-refractivity contribution in [3.8, 4) is 5.75 Å². The fraction of sp³-hybridized carbons (Fsp3) is 0.375. The lowest BCUT2D eigenvalue weighted by Gasteiger charge is -2.18. The molecular formula is C16H17F4N3O2. The van der Waals surface area contributed by atoms with Gasteiger partial charge >= 0.3 is 12.5 Å². The Hall–Kier alpha value is -2.58. The predicted molar refractivity (Wildman–Crippen MR) is 83.2 cm³/mol. The number of carbonyl (C=O) groups is 1. The molecule has 0 atom stereocenters. The van der Waals surface area contributed by atoms with E-state index in [1.807, 2.05) is 6.92 Å². The number of hydrogen-bond donors (Lipinski definition) is 1. The molecule has 1 aromatic carbocycles. The van der Waals surface area contributed by atoms with Crippen molar-refractivity contribution in [2.45, 2.75) is 39.3 Å². The first kappa shape index (κ1) is 18.8. The number of hydrogen-bond acceptors (Lipinski definition) is 3. The Morgan fingerprint density at radius 2 is 2.04 bits per heavy atom. The molecule has 1 heterocycles. The highest BCUT2D eigenvalue weighted by atomic mass is 19.3. The molecule has 0 aliphatic heterocycles. The SMILES string of the molecule is CCCn1nc(NC(=O)c2ccccc2OC(F)(F)C(F)F)cc1C. The van der Waals surface area contributed by atoms with E-state index in [1.165, 1.54) is 18.2 Å². The Labute approximate surface area is 141 Å². The van der Waals surface area contributed by atoms with Gasteiger partial charge in [-0.05, 0) is 25.5 Å². The molecule has 1 N–H and O–H groups in total. The molecule has 2 rings (SSSR count). The Bertz CT molecular complexity index is 747. The Morgan fingerprint density at radius 3 is 2.68 bits per heavy atom. The first-order chi connectivity index (χ1) is 11.7. The van der Waals surface area contributed by atoms with Crippen molar-refractivity contribution < 1.29 is 27.1 Å². The molecule has 0 spiro atoms. The summed E-state index contributed by atoms with van der Waals surface area (Å²) >= 11 is 0. The molecule has 136 valence electrons. The van der Waals surface area contributed by atoms with Crippen LogP contribution in [0.15, 0.2) is 30.3 Å². The minimum absolute atomic E-state index is 0.228. The van der Waals surface area contributed by atoms with Gasteiger partial charge in [0, 0.05) is 18.3 Å². The number of ether oxygens (including phenoxy) is 1. The zero-order valence-corrected chi connectivity index (χ0v) is 13.6. The number of amides is 1. The van der Waals surface area contributed by atoms with E-state index in [4.69, 9.17) is 0 Å². The Balaban J connectivity index is 2.21. The van der Waals surface area contributed by atoms with Gasteiger partial charge in [0.25, 0.3) is 5.91 Å². The van der Waals surface area contributed by atoms with E-state index >= 15 is 0 Å². The average Bonchev–Trinajstić information content (AvgIpc) is 2.87. The van der Waals surface area contributed by atoms with Crippen molar-refractivity contribution in [3.05, 3.63) is 41.6 Å². The largest absolute Gasteiger partial charge is 0.461 e. The normalized spacial score (nSPS) is 11.6. The third-order valence-electron chi connectivity index (χ3n) is 3.29. The number of alkyl halides is 4. The number of nitrogens with one attached hydrogen (secondary N) is 1. The first-order valence-corrected chi connectivity index (χ1v) is 7.54. The molecule has 0 saturated heterocycles. The molecule has 2 aromatic rings. The Kier molecular flexibility index (Phi) is 5.66. The lowest BCUT2D eigenvalue weighted by atomic mass is 10.2. The van der Waals surface area contributed by atoms with Crippen LogP contribution in [0.3, 0.4) is 0 Å². The van der Waals surface area contributed by atoms with Gasteiger partial charge in [0.1, 0.15) is 5.75 Å². The van der Waals surface area contributed by atoms with E-state index in [0.717, 1.165) is 18.2 Å². The van der Waals surface area contributed by atoms with Gasteiger partial charge in [-0.25, -0.2) is 0 Å². The number of para-hydroxylation sites is 1. The summed E-state index contributed by atoms with van der Waals surface area (Å²) in [5.74, 6) is -1.21. The van der Waals surface area contributed by atoms with Crippen molar-refractivity contribution in [1.82, 2.24) is 9.78 Å². The monoisotopic (exact) mass is 359 g/mol. The minimum atomic E-state index is -4.70. The number of rotatable bonds is 7. The highest BCUT2D eigenvalue weighted by Crippen LogP contribution is 2.30. The maximum absolute atomic E-state index is 13.1. The van der Waals surface area contributed by atoms with Gasteiger partial charge in [-0.2, -0.15) is 22.7 Å². The van der Waals surface area contributed by atoms with E-state index < -0.39 is 24.2 Å². The summed E-state index contributed by atoms with van der Waals surface area (Å²) in [6.45, 7) is 4.43. The maximum Gasteiger partial charge on any atom is 0.461 e. The third kappa shape index (κ3) is 4.49. The summed E-state index contributed by atoms with van der Waals surface area (Å²) in [6, 6.07) is 6.54. The topological polar surface area (TPSA) is 56.2 Å². The summed E-state index contributed by atoms with van der Waals surface area (Å²) < 4.78 is 56.6. The summed E-state index contributed by atoms with van der Waals surface area (Å²) in [7, 11) is 0. The van der Waals surface area contributed by atoms with Gasteiger partial charge in [0.15, 0.2) is 5.82 Å². The van der Waals surface area contributed by atoms with Crippen LogP contribution >= 0.6 is 0 Å². The van der Waals surface area contributed by atoms with Gasteiger partial charge in [0.2, 0.25) is 0 Å². The van der Waals surface area contributed by atoms with Crippen molar-refractivity contribution in [3.63, 3.8) is 0 Å². The van der Waals surface area contributed by atoms with Crippen LogP contribution in [-0.2, 0) is 6.54 Å². The molecule has 0 bridgehead atoms. The van der Waals surface area contributed by atoms with E-state index in [1.54, 1.807) is 17.7 Å². The second kappa shape index (κ2) is 7.54. The second-order valence-corrected chi connectivity index (χ2v) is 5.31. The van der Waals surface area contributed by atoms with Gasteiger partial charge in [-0.3, -0.25) is 9.48 Å². The average molecular weight is 359 g/mol. The molecule has 0 radical (unpaired) electrons. The van der Waals surface area contributed by atoms with Gasteiger partial charge in [-0.1, -0.05) is 19.1 Å². The summed E-state index contributed by atoms with van der Waals surface area (Å²) in [5, 5.41) is 6.62. The van der Waals surface area contributed by atoms with Crippen molar-refractivity contribution in [2.24, 2.45) is 0 Å². The van der Waals surface area contributed by atoms with Crippen molar-refractivity contribution >= 4 is 11.7 Å². The number of aryl methyl sites for hydroxylation is 2. The number of benzene rings is 1. The number of nitrogens with zero attached hydrogens (tertiary/aromatic N) is 2. The highest BCUT2D eigenvalue weighted by Gasteiger charge is 2.44. The van der Waals surface area contributed by atoms with Crippen LogP contribution in [0.1, 0.15) is 29.4 Å². The molecule has 0 fully saturated rings. The third-order valence-corrected chi connectivity index (χ3v) is 3.29. The number of aromatic nitrogens is 2. The van der Waals surface area contributed by atoms with Crippen molar-refractivity contribution in [1.29, 1.82) is 0 Å². The van der Waals surface area contributed by atoms with Crippen LogP contribution in [0.2, 0.25) is 0 Å². The molecular weight excluding hydrogens is 342 g/mol. The van der Waals surface area contributed by atoms with Gasteiger partial charge < -0.3 is 10.1 Å². The van der Waals surface area contributed by atoms with Crippen LogP contribution in [-0.4, -0.2) is 28.2 Å². The Morgan fingerprint density at radius 1 is 1.36 bits per heavy atom. The fourth-order valence-electron chi connectivity index (χ4n) is 2.13.